The first-order valence-electron chi connectivity index (χ1n) is 7.97. The first kappa shape index (κ1) is 18.4. The molecular formula is C18H23ClN4O. The van der Waals surface area contributed by atoms with Gasteiger partial charge in [0.15, 0.2) is 0 Å². The molecule has 2 N–H and O–H groups in total. The summed E-state index contributed by atoms with van der Waals surface area (Å²) < 4.78 is 0. The molecule has 0 unspecified atom stereocenters. The highest BCUT2D eigenvalue weighted by atomic mass is 35.5. The number of likely N-dealkylation sites (tertiary alicyclic amines) is 1. The molecule has 2 aromatic rings. The summed E-state index contributed by atoms with van der Waals surface area (Å²) in [6, 6.07) is 10.1. The summed E-state index contributed by atoms with van der Waals surface area (Å²) in [6.45, 7) is 5.25. The van der Waals surface area contributed by atoms with Gasteiger partial charge in [0.05, 0.1) is 11.3 Å². The van der Waals surface area contributed by atoms with E-state index in [1.807, 2.05) is 36.9 Å². The van der Waals surface area contributed by atoms with E-state index >= 15 is 0 Å². The Morgan fingerprint density at radius 2 is 1.96 bits per heavy atom. The highest BCUT2D eigenvalue weighted by Crippen LogP contribution is 2.28. The summed E-state index contributed by atoms with van der Waals surface area (Å²) in [5.74, 6) is 0.327. The summed E-state index contributed by atoms with van der Waals surface area (Å²) in [7, 11) is 0. The normalized spacial score (nSPS) is 20.1. The van der Waals surface area contributed by atoms with Gasteiger partial charge in [-0.25, -0.2) is 9.97 Å². The summed E-state index contributed by atoms with van der Waals surface area (Å²) >= 11 is 0. The van der Waals surface area contributed by atoms with Gasteiger partial charge in [0, 0.05) is 31.2 Å². The molecule has 0 aliphatic carbocycles. The summed E-state index contributed by atoms with van der Waals surface area (Å²) in [5, 5.41) is 0. The molecule has 1 aromatic heterocycles. The number of carbonyl (C=O) groups is 1. The van der Waals surface area contributed by atoms with Crippen LogP contribution in [-0.4, -0.2) is 39.9 Å². The van der Waals surface area contributed by atoms with Crippen LogP contribution in [-0.2, 0) is 0 Å². The van der Waals surface area contributed by atoms with Crippen molar-refractivity contribution >= 4 is 18.3 Å². The number of nitrogens with zero attached hydrogens (tertiary/aromatic N) is 3. The molecule has 24 heavy (non-hydrogen) atoms. The van der Waals surface area contributed by atoms with Gasteiger partial charge in [0.2, 0.25) is 0 Å². The third kappa shape index (κ3) is 3.57. The molecule has 3 rings (SSSR count). The first-order valence-corrected chi connectivity index (χ1v) is 7.97. The van der Waals surface area contributed by atoms with Crippen LogP contribution < -0.4 is 5.73 Å². The Balaban J connectivity index is 0.00000208. The molecule has 128 valence electrons. The molecule has 1 aromatic carbocycles. The Kier molecular flexibility index (Phi) is 5.91. The summed E-state index contributed by atoms with van der Waals surface area (Å²) in [5.41, 5.74) is 8.85. The topological polar surface area (TPSA) is 72.1 Å². The number of hydrogen-bond donors (Lipinski definition) is 1. The van der Waals surface area contributed by atoms with Crippen LogP contribution in [0, 0.1) is 0 Å². The second-order valence-corrected chi connectivity index (χ2v) is 6.37. The Morgan fingerprint density at radius 3 is 2.62 bits per heavy atom. The van der Waals surface area contributed by atoms with Gasteiger partial charge in [-0.3, -0.25) is 4.79 Å². The Labute approximate surface area is 148 Å². The van der Waals surface area contributed by atoms with Crippen molar-refractivity contribution in [3.05, 3.63) is 59.7 Å². The number of amides is 1. The lowest BCUT2D eigenvalue weighted by Gasteiger charge is -2.18. The first-order chi connectivity index (χ1) is 11.1. The molecule has 1 aliphatic rings. The van der Waals surface area contributed by atoms with Crippen LogP contribution in [0.25, 0.3) is 0 Å². The second-order valence-electron chi connectivity index (χ2n) is 6.37. The molecule has 1 amide bonds. The molecule has 1 saturated heterocycles. The van der Waals surface area contributed by atoms with Crippen molar-refractivity contribution in [3.8, 4) is 0 Å². The fourth-order valence-corrected chi connectivity index (χ4v) is 3.18. The lowest BCUT2D eigenvalue weighted by molar-refractivity contribution is 0.0786. The van der Waals surface area contributed by atoms with Crippen molar-refractivity contribution in [1.29, 1.82) is 0 Å². The van der Waals surface area contributed by atoms with Crippen molar-refractivity contribution in [2.75, 3.05) is 13.1 Å². The number of hydrogen-bond acceptors (Lipinski definition) is 4. The van der Waals surface area contributed by atoms with Crippen LogP contribution in [0.3, 0.4) is 0 Å². The van der Waals surface area contributed by atoms with Gasteiger partial charge in [-0.05, 0) is 11.5 Å². The number of benzene rings is 1. The maximum atomic E-state index is 12.9. The average molecular weight is 347 g/mol. The average Bonchev–Trinajstić information content (AvgIpc) is 2.97. The van der Waals surface area contributed by atoms with Crippen LogP contribution in [0.5, 0.6) is 0 Å². The van der Waals surface area contributed by atoms with Crippen molar-refractivity contribution in [2.45, 2.75) is 31.7 Å². The highest BCUT2D eigenvalue weighted by molar-refractivity contribution is 5.95. The van der Waals surface area contributed by atoms with Crippen molar-refractivity contribution in [1.82, 2.24) is 14.9 Å². The zero-order chi connectivity index (χ0) is 16.4. The summed E-state index contributed by atoms with van der Waals surface area (Å²) in [4.78, 5) is 23.0. The summed E-state index contributed by atoms with van der Waals surface area (Å²) in [6.07, 6.45) is 3.11. The molecule has 2 atom stereocenters. The molecule has 5 nitrogen and oxygen atoms in total. The molecule has 2 heterocycles. The Hall–Kier alpha value is -1.98. The fourth-order valence-electron chi connectivity index (χ4n) is 3.18. The molecule has 0 bridgehead atoms. The fraction of sp³-hybridized carbons (Fsp3) is 0.389. The molecule has 1 aliphatic heterocycles. The van der Waals surface area contributed by atoms with Gasteiger partial charge >= 0.3 is 0 Å². The quantitative estimate of drug-likeness (QED) is 0.927. The van der Waals surface area contributed by atoms with Crippen molar-refractivity contribution in [3.63, 3.8) is 0 Å². The maximum Gasteiger partial charge on any atom is 0.257 e. The van der Waals surface area contributed by atoms with Crippen LogP contribution in [0.2, 0.25) is 0 Å². The smallest absolute Gasteiger partial charge is 0.257 e. The minimum absolute atomic E-state index is 0. The number of aromatic nitrogens is 2. The van der Waals surface area contributed by atoms with Crippen LogP contribution >= 0.6 is 12.4 Å². The van der Waals surface area contributed by atoms with Gasteiger partial charge in [-0.2, -0.15) is 0 Å². The lowest BCUT2D eigenvalue weighted by Crippen LogP contribution is -2.33. The van der Waals surface area contributed by atoms with E-state index in [9.17, 15) is 4.79 Å². The zero-order valence-electron chi connectivity index (χ0n) is 13.9. The molecule has 6 heteroatoms. The number of halogens is 1. The number of carbonyl (C=O) groups excluding carboxylic acids is 1. The van der Waals surface area contributed by atoms with Gasteiger partial charge in [-0.1, -0.05) is 44.2 Å². The minimum atomic E-state index is -0.0477. The third-order valence-electron chi connectivity index (χ3n) is 4.40. The SMILES string of the molecule is CC(C)c1ncncc1C(=O)N1C[C@@H](N)[C@H](c2ccccc2)C1.Cl. The van der Waals surface area contributed by atoms with Gasteiger partial charge < -0.3 is 10.6 Å². The molecular weight excluding hydrogens is 324 g/mol. The van der Waals surface area contributed by atoms with Crippen molar-refractivity contribution < 1.29 is 4.79 Å². The Morgan fingerprint density at radius 1 is 1.25 bits per heavy atom. The van der Waals surface area contributed by atoms with E-state index < -0.39 is 0 Å². The predicted octanol–water partition coefficient (Wildman–Crippen LogP) is 2.59. The van der Waals surface area contributed by atoms with Crippen molar-refractivity contribution in [2.24, 2.45) is 5.73 Å². The Bertz CT molecular complexity index is 692. The molecule has 0 saturated carbocycles. The molecule has 0 radical (unpaired) electrons. The number of rotatable bonds is 3. The van der Waals surface area contributed by atoms with Crippen LogP contribution in [0.4, 0.5) is 0 Å². The third-order valence-corrected chi connectivity index (χ3v) is 4.40. The van der Waals surface area contributed by atoms with E-state index in [1.54, 1.807) is 6.20 Å². The van der Waals surface area contributed by atoms with E-state index in [1.165, 1.54) is 11.9 Å². The van der Waals surface area contributed by atoms with E-state index in [2.05, 4.69) is 22.1 Å². The van der Waals surface area contributed by atoms with Crippen LogP contribution in [0.1, 0.15) is 47.3 Å². The monoisotopic (exact) mass is 346 g/mol. The molecule has 1 fully saturated rings. The lowest BCUT2D eigenvalue weighted by atomic mass is 9.95. The highest BCUT2D eigenvalue weighted by Gasteiger charge is 2.35. The molecule has 0 spiro atoms. The van der Waals surface area contributed by atoms with Crippen LogP contribution in [0.15, 0.2) is 42.9 Å². The predicted molar refractivity (Wildman–Crippen MR) is 96.4 cm³/mol. The standard InChI is InChI=1S/C18H22N4O.ClH/c1-12(2)17-14(8-20-11-21-17)18(23)22-9-15(16(19)10-22)13-6-4-3-5-7-13;/h3-8,11-12,15-16H,9-10,19H2,1-2H3;1H/t15-,16+;/m0./s1. The number of nitrogens with two attached hydrogens (primary N) is 1. The minimum Gasteiger partial charge on any atom is -0.336 e. The second kappa shape index (κ2) is 7.73. The van der Waals surface area contributed by atoms with E-state index in [0.717, 1.165) is 5.69 Å². The van der Waals surface area contributed by atoms with Gasteiger partial charge in [0.1, 0.15) is 6.33 Å². The van der Waals surface area contributed by atoms with Gasteiger partial charge in [0.25, 0.3) is 5.91 Å². The van der Waals surface area contributed by atoms with Gasteiger partial charge in [-0.15, -0.1) is 12.4 Å². The van der Waals surface area contributed by atoms with E-state index in [-0.39, 0.29) is 36.2 Å². The van der Waals surface area contributed by atoms with E-state index in [0.29, 0.717) is 18.7 Å². The van der Waals surface area contributed by atoms with E-state index in [4.69, 9.17) is 5.73 Å². The largest absolute Gasteiger partial charge is 0.336 e. The zero-order valence-corrected chi connectivity index (χ0v) is 14.7. The maximum absolute atomic E-state index is 12.9.